The number of benzene rings is 1. The van der Waals surface area contributed by atoms with Gasteiger partial charge in [-0.1, -0.05) is 75.3 Å². The maximum absolute atomic E-state index is 12.6. The lowest BCUT2D eigenvalue weighted by atomic mass is 10.0. The van der Waals surface area contributed by atoms with Gasteiger partial charge in [0.25, 0.3) is 0 Å². The molecule has 6 heteroatoms. The lowest BCUT2D eigenvalue weighted by Crippen LogP contribution is -2.48. The number of nitrogens with two attached hydrogens (primary N) is 1. The molecule has 3 N–H and O–H groups in total. The number of aliphatic carboxylic acids is 1. The lowest BCUT2D eigenvalue weighted by Gasteiger charge is -2.26. The van der Waals surface area contributed by atoms with Crippen molar-refractivity contribution in [3.05, 3.63) is 35.9 Å². The van der Waals surface area contributed by atoms with Gasteiger partial charge in [0.1, 0.15) is 6.04 Å². The summed E-state index contributed by atoms with van der Waals surface area (Å²) >= 11 is 0. The number of amides is 2. The Hall–Kier alpha value is -2.21. The van der Waals surface area contributed by atoms with E-state index >= 15 is 0 Å². The highest BCUT2D eigenvalue weighted by Gasteiger charge is 2.32. The Bertz CT molecular complexity index is 619. The first kappa shape index (κ1) is 24.8. The van der Waals surface area contributed by atoms with Gasteiger partial charge in [-0.2, -0.15) is 0 Å². The van der Waals surface area contributed by atoms with Crippen molar-refractivity contribution in [1.29, 1.82) is 0 Å². The van der Waals surface area contributed by atoms with Gasteiger partial charge in [-0.25, -0.2) is 4.79 Å². The second-order valence-electron chi connectivity index (χ2n) is 7.55. The number of rotatable bonds is 15. The normalized spacial score (nSPS) is 11.8. The average Bonchev–Trinajstić information content (AvgIpc) is 2.69. The van der Waals surface area contributed by atoms with E-state index in [-0.39, 0.29) is 12.8 Å². The molecule has 0 spiro atoms. The molecule has 0 aromatic heterocycles. The van der Waals surface area contributed by atoms with Crippen LogP contribution >= 0.6 is 0 Å². The molecule has 0 heterocycles. The van der Waals surface area contributed by atoms with Gasteiger partial charge in [-0.05, 0) is 24.9 Å². The molecule has 2 amide bonds. The molecule has 162 valence electrons. The summed E-state index contributed by atoms with van der Waals surface area (Å²) in [5.74, 6) is -2.08. The Morgan fingerprint density at radius 2 is 1.41 bits per heavy atom. The Morgan fingerprint density at radius 3 is 1.90 bits per heavy atom. The van der Waals surface area contributed by atoms with Crippen LogP contribution in [0, 0.1) is 0 Å². The van der Waals surface area contributed by atoms with Gasteiger partial charge < -0.3 is 10.8 Å². The fraction of sp³-hybridized carbons (Fsp3) is 0.609. The number of carbonyl (C=O) groups excluding carboxylic acids is 2. The molecular weight excluding hydrogens is 368 g/mol. The number of unbranched alkanes of at least 4 members (excludes halogenated alkanes) is 8. The van der Waals surface area contributed by atoms with Crippen molar-refractivity contribution in [3.63, 3.8) is 0 Å². The van der Waals surface area contributed by atoms with Crippen LogP contribution in [0.2, 0.25) is 0 Å². The van der Waals surface area contributed by atoms with Gasteiger partial charge in [0.05, 0.1) is 0 Å². The minimum absolute atomic E-state index is 0.117. The average molecular weight is 405 g/mol. The van der Waals surface area contributed by atoms with Crippen molar-refractivity contribution >= 4 is 17.8 Å². The van der Waals surface area contributed by atoms with Crippen molar-refractivity contribution in [3.8, 4) is 0 Å². The van der Waals surface area contributed by atoms with E-state index in [1.54, 1.807) is 12.1 Å². The summed E-state index contributed by atoms with van der Waals surface area (Å²) in [5.41, 5.74) is 6.26. The van der Waals surface area contributed by atoms with Crippen LogP contribution in [0.1, 0.15) is 76.7 Å². The molecule has 1 aromatic carbocycles. The first-order chi connectivity index (χ1) is 14.0. The van der Waals surface area contributed by atoms with Gasteiger partial charge in [0.2, 0.25) is 11.8 Å². The monoisotopic (exact) mass is 404 g/mol. The Balaban J connectivity index is 2.42. The minimum Gasteiger partial charge on any atom is -0.480 e. The maximum atomic E-state index is 12.6. The smallest absolute Gasteiger partial charge is 0.327 e. The first-order valence-electron chi connectivity index (χ1n) is 10.8. The number of carboxylic acids is 1. The highest BCUT2D eigenvalue weighted by Crippen LogP contribution is 2.15. The van der Waals surface area contributed by atoms with Crippen molar-refractivity contribution in [2.24, 2.45) is 5.73 Å². The van der Waals surface area contributed by atoms with E-state index in [4.69, 9.17) is 5.73 Å². The number of imide groups is 1. The fourth-order valence-electron chi connectivity index (χ4n) is 3.47. The lowest BCUT2D eigenvalue weighted by molar-refractivity contribution is -0.157. The van der Waals surface area contributed by atoms with E-state index in [2.05, 4.69) is 0 Å². The number of nitrogens with zero attached hydrogens (tertiary/aromatic N) is 1. The van der Waals surface area contributed by atoms with Crippen LogP contribution in [0.3, 0.4) is 0 Å². The summed E-state index contributed by atoms with van der Waals surface area (Å²) in [6.45, 7) is 2.02. The van der Waals surface area contributed by atoms with Crippen molar-refractivity contribution in [2.45, 2.75) is 83.6 Å². The topological polar surface area (TPSA) is 101 Å². The van der Waals surface area contributed by atoms with E-state index in [1.165, 1.54) is 32.6 Å². The Morgan fingerprint density at radius 1 is 0.897 bits per heavy atom. The number of hydrogen-bond donors (Lipinski definition) is 2. The van der Waals surface area contributed by atoms with Crippen molar-refractivity contribution in [1.82, 2.24) is 4.90 Å². The SMILES string of the molecule is CC(=O)N(C(=O)CCCCCCCCCCCN)C(Cc1ccccc1)C(=O)O. The molecule has 0 aliphatic carbocycles. The Labute approximate surface area is 174 Å². The number of carboxylic acid groups (broad SMARTS) is 1. The molecule has 29 heavy (non-hydrogen) atoms. The highest BCUT2D eigenvalue weighted by molar-refractivity contribution is 5.98. The molecule has 1 unspecified atom stereocenters. The summed E-state index contributed by atoms with van der Waals surface area (Å²) in [6, 6.07) is 7.89. The van der Waals surface area contributed by atoms with Crippen LogP contribution in [0.15, 0.2) is 30.3 Å². The van der Waals surface area contributed by atoms with Crippen LogP contribution in [-0.2, 0) is 20.8 Å². The van der Waals surface area contributed by atoms with E-state index < -0.39 is 23.8 Å². The van der Waals surface area contributed by atoms with Crippen LogP contribution < -0.4 is 5.73 Å². The molecule has 0 radical (unpaired) electrons. The second-order valence-corrected chi connectivity index (χ2v) is 7.55. The summed E-state index contributed by atoms with van der Waals surface area (Å²) in [7, 11) is 0. The molecule has 1 rings (SSSR count). The quantitative estimate of drug-likeness (QED) is 0.432. The van der Waals surface area contributed by atoms with Gasteiger partial charge in [-0.15, -0.1) is 0 Å². The molecule has 0 aliphatic rings. The van der Waals surface area contributed by atoms with Gasteiger partial charge >= 0.3 is 5.97 Å². The third kappa shape index (κ3) is 10.2. The molecule has 1 aromatic rings. The molecular formula is C23H36N2O4. The van der Waals surface area contributed by atoms with Crippen molar-refractivity contribution < 1.29 is 19.5 Å². The summed E-state index contributed by atoms with van der Waals surface area (Å²) < 4.78 is 0. The van der Waals surface area contributed by atoms with Crippen LogP contribution in [0.4, 0.5) is 0 Å². The number of carbonyl (C=O) groups is 3. The maximum Gasteiger partial charge on any atom is 0.327 e. The Kier molecular flexibility index (Phi) is 12.6. The third-order valence-electron chi connectivity index (χ3n) is 5.07. The second kappa shape index (κ2) is 14.7. The predicted molar refractivity (Wildman–Crippen MR) is 114 cm³/mol. The van der Waals surface area contributed by atoms with Crippen LogP contribution in [0.5, 0.6) is 0 Å². The third-order valence-corrected chi connectivity index (χ3v) is 5.07. The van der Waals surface area contributed by atoms with E-state index in [9.17, 15) is 19.5 Å². The minimum atomic E-state index is -1.17. The molecule has 0 saturated carbocycles. The standard InChI is InChI=1S/C23H36N2O4/c1-19(26)25(21(23(28)29)18-20-14-10-9-11-15-20)22(27)16-12-7-5-3-2-4-6-8-13-17-24/h9-11,14-15,21H,2-8,12-13,16-18,24H2,1H3,(H,28,29). The molecule has 0 saturated heterocycles. The predicted octanol–water partition coefficient (Wildman–Crippen LogP) is 3.92. The molecule has 6 nitrogen and oxygen atoms in total. The van der Waals surface area contributed by atoms with Gasteiger partial charge in [0.15, 0.2) is 0 Å². The van der Waals surface area contributed by atoms with Crippen LogP contribution in [-0.4, -0.2) is 40.4 Å². The zero-order valence-corrected chi connectivity index (χ0v) is 17.6. The summed E-state index contributed by atoms with van der Waals surface area (Å²) in [4.78, 5) is 37.3. The molecule has 0 fully saturated rings. The zero-order chi connectivity index (χ0) is 21.5. The largest absolute Gasteiger partial charge is 0.480 e. The van der Waals surface area contributed by atoms with E-state index in [0.717, 1.165) is 42.7 Å². The molecule has 0 bridgehead atoms. The van der Waals surface area contributed by atoms with Crippen molar-refractivity contribution in [2.75, 3.05) is 6.54 Å². The van der Waals surface area contributed by atoms with Crippen LogP contribution in [0.25, 0.3) is 0 Å². The van der Waals surface area contributed by atoms with E-state index in [1.807, 2.05) is 18.2 Å². The molecule has 1 atom stereocenters. The fourth-order valence-corrected chi connectivity index (χ4v) is 3.47. The zero-order valence-electron chi connectivity index (χ0n) is 17.6. The summed E-state index contributed by atoms with van der Waals surface area (Å²) in [5, 5.41) is 9.60. The highest BCUT2D eigenvalue weighted by atomic mass is 16.4. The van der Waals surface area contributed by atoms with Gasteiger partial charge in [-0.3, -0.25) is 14.5 Å². The summed E-state index contributed by atoms with van der Waals surface area (Å²) in [6.07, 6.45) is 10.0. The van der Waals surface area contributed by atoms with E-state index in [0.29, 0.717) is 6.42 Å². The molecule has 0 aliphatic heterocycles. The number of hydrogen-bond acceptors (Lipinski definition) is 4. The first-order valence-corrected chi connectivity index (χ1v) is 10.8. The van der Waals surface area contributed by atoms with Gasteiger partial charge in [0, 0.05) is 19.8 Å².